The number of nitrogens with zero attached hydrogens (tertiary/aromatic N) is 1. The molecule has 19 heavy (non-hydrogen) atoms. The average Bonchev–Trinajstić information content (AvgIpc) is 2.84. The van der Waals surface area contributed by atoms with Crippen molar-refractivity contribution in [1.29, 1.82) is 0 Å². The van der Waals surface area contributed by atoms with Gasteiger partial charge in [0.25, 0.3) is 0 Å². The zero-order chi connectivity index (χ0) is 13.4. The van der Waals surface area contributed by atoms with Crippen LogP contribution in [0.4, 0.5) is 4.39 Å². The minimum atomic E-state index is -0.327. The van der Waals surface area contributed by atoms with Gasteiger partial charge < -0.3 is 9.72 Å². The molecule has 0 unspecified atom stereocenters. The molecular weight excluding hydrogens is 243 g/mol. The van der Waals surface area contributed by atoms with E-state index < -0.39 is 0 Å². The van der Waals surface area contributed by atoms with Crippen LogP contribution in [-0.2, 0) is 0 Å². The molecule has 1 N–H and O–H groups in total. The molecule has 0 amide bonds. The molecule has 0 bridgehead atoms. The summed E-state index contributed by atoms with van der Waals surface area (Å²) < 4.78 is 19.0. The Morgan fingerprint density at radius 3 is 2.79 bits per heavy atom. The lowest BCUT2D eigenvalue weighted by Crippen LogP contribution is -1.90. The Bertz CT molecular complexity index is 749. The van der Waals surface area contributed by atoms with E-state index in [4.69, 9.17) is 4.74 Å². The number of methoxy groups -OCH3 is 1. The van der Waals surface area contributed by atoms with Crippen LogP contribution in [-0.4, -0.2) is 17.1 Å². The number of aryl methyl sites for hydroxylation is 1. The zero-order valence-electron chi connectivity index (χ0n) is 10.7. The van der Waals surface area contributed by atoms with Crippen LogP contribution in [0, 0.1) is 12.7 Å². The second-order valence-electron chi connectivity index (χ2n) is 4.43. The van der Waals surface area contributed by atoms with Gasteiger partial charge in [-0.25, -0.2) is 9.37 Å². The van der Waals surface area contributed by atoms with E-state index in [0.29, 0.717) is 22.6 Å². The summed E-state index contributed by atoms with van der Waals surface area (Å²) in [6.07, 6.45) is 0. The van der Waals surface area contributed by atoms with Crippen molar-refractivity contribution in [3.63, 3.8) is 0 Å². The van der Waals surface area contributed by atoms with Crippen LogP contribution in [0.15, 0.2) is 36.4 Å². The SMILES string of the molecule is COc1ccc(C)cc1-c1nc2c(F)cccc2[nH]1. The third-order valence-electron chi connectivity index (χ3n) is 3.07. The van der Waals surface area contributed by atoms with Crippen molar-refractivity contribution in [2.45, 2.75) is 6.92 Å². The fourth-order valence-corrected chi connectivity index (χ4v) is 2.13. The van der Waals surface area contributed by atoms with Crippen LogP contribution in [0.3, 0.4) is 0 Å². The maximum atomic E-state index is 13.7. The number of rotatable bonds is 2. The maximum Gasteiger partial charge on any atom is 0.151 e. The monoisotopic (exact) mass is 256 g/mol. The summed E-state index contributed by atoms with van der Waals surface area (Å²) in [6, 6.07) is 10.7. The largest absolute Gasteiger partial charge is 0.496 e. The fourth-order valence-electron chi connectivity index (χ4n) is 2.13. The normalized spacial score (nSPS) is 10.9. The highest BCUT2D eigenvalue weighted by molar-refractivity contribution is 5.81. The van der Waals surface area contributed by atoms with Gasteiger partial charge in [-0.05, 0) is 31.2 Å². The fraction of sp³-hybridized carbons (Fsp3) is 0.133. The van der Waals surface area contributed by atoms with Gasteiger partial charge in [0.1, 0.15) is 17.1 Å². The molecule has 3 rings (SSSR count). The van der Waals surface area contributed by atoms with E-state index in [1.54, 1.807) is 19.2 Å². The molecule has 0 fully saturated rings. The average molecular weight is 256 g/mol. The molecule has 0 aliphatic heterocycles. The number of imidazole rings is 1. The minimum Gasteiger partial charge on any atom is -0.496 e. The second-order valence-corrected chi connectivity index (χ2v) is 4.43. The molecule has 0 radical (unpaired) electrons. The summed E-state index contributed by atoms with van der Waals surface area (Å²) in [6.45, 7) is 1.99. The molecule has 0 aliphatic carbocycles. The highest BCUT2D eigenvalue weighted by Gasteiger charge is 2.12. The van der Waals surface area contributed by atoms with Crippen LogP contribution < -0.4 is 4.74 Å². The van der Waals surface area contributed by atoms with Crippen molar-refractivity contribution in [1.82, 2.24) is 9.97 Å². The lowest BCUT2D eigenvalue weighted by atomic mass is 10.1. The van der Waals surface area contributed by atoms with Gasteiger partial charge >= 0.3 is 0 Å². The number of aromatic amines is 1. The number of hydrogen-bond acceptors (Lipinski definition) is 2. The Hall–Kier alpha value is -2.36. The molecule has 96 valence electrons. The number of benzene rings is 2. The first-order chi connectivity index (χ1) is 9.19. The summed E-state index contributed by atoms with van der Waals surface area (Å²) >= 11 is 0. The number of H-pyrrole nitrogens is 1. The first kappa shape index (κ1) is 11.7. The van der Waals surface area contributed by atoms with Crippen molar-refractivity contribution in [2.75, 3.05) is 7.11 Å². The molecular formula is C15H13FN2O. The number of para-hydroxylation sites is 1. The minimum absolute atomic E-state index is 0.327. The summed E-state index contributed by atoms with van der Waals surface area (Å²) in [5.41, 5.74) is 2.95. The zero-order valence-corrected chi connectivity index (χ0v) is 10.7. The lowest BCUT2D eigenvalue weighted by molar-refractivity contribution is 0.416. The summed E-state index contributed by atoms with van der Waals surface area (Å²) in [4.78, 5) is 7.45. The standard InChI is InChI=1S/C15H13FN2O/c1-9-6-7-13(19-2)10(8-9)15-17-12-5-3-4-11(16)14(12)18-15/h3-8H,1-2H3,(H,17,18). The molecule has 1 heterocycles. The van der Waals surface area contributed by atoms with Gasteiger partial charge in [-0.1, -0.05) is 17.7 Å². The Labute approximate surface area is 110 Å². The van der Waals surface area contributed by atoms with Crippen molar-refractivity contribution in [2.24, 2.45) is 0 Å². The van der Waals surface area contributed by atoms with Crippen molar-refractivity contribution in [3.05, 3.63) is 47.8 Å². The van der Waals surface area contributed by atoms with Gasteiger partial charge in [-0.2, -0.15) is 0 Å². The van der Waals surface area contributed by atoms with E-state index >= 15 is 0 Å². The predicted molar refractivity (Wildman–Crippen MR) is 72.8 cm³/mol. The molecule has 3 aromatic rings. The van der Waals surface area contributed by atoms with E-state index in [0.717, 1.165) is 11.1 Å². The highest BCUT2D eigenvalue weighted by Crippen LogP contribution is 2.30. The number of nitrogens with one attached hydrogen (secondary N) is 1. The third kappa shape index (κ3) is 1.95. The Morgan fingerprint density at radius 1 is 1.21 bits per heavy atom. The van der Waals surface area contributed by atoms with Gasteiger partial charge in [0.05, 0.1) is 18.2 Å². The van der Waals surface area contributed by atoms with Crippen LogP contribution in [0.1, 0.15) is 5.56 Å². The number of hydrogen-bond donors (Lipinski definition) is 1. The molecule has 0 aliphatic rings. The van der Waals surface area contributed by atoms with Gasteiger partial charge in [-0.15, -0.1) is 0 Å². The predicted octanol–water partition coefficient (Wildman–Crippen LogP) is 3.69. The number of halogens is 1. The lowest BCUT2D eigenvalue weighted by Gasteiger charge is -2.06. The molecule has 0 spiro atoms. The first-order valence-electron chi connectivity index (χ1n) is 5.98. The van der Waals surface area contributed by atoms with Gasteiger partial charge in [0.15, 0.2) is 5.82 Å². The van der Waals surface area contributed by atoms with Crippen molar-refractivity contribution in [3.8, 4) is 17.1 Å². The Kier molecular flexibility index (Phi) is 2.71. The Balaban J connectivity index is 2.24. The summed E-state index contributed by atoms with van der Waals surface area (Å²) in [5, 5.41) is 0. The van der Waals surface area contributed by atoms with E-state index in [2.05, 4.69) is 9.97 Å². The number of fused-ring (bicyclic) bond motifs is 1. The maximum absolute atomic E-state index is 13.7. The second kappa shape index (κ2) is 4.39. The van der Waals surface area contributed by atoms with E-state index in [-0.39, 0.29) is 5.82 Å². The van der Waals surface area contributed by atoms with Gasteiger partial charge in [0.2, 0.25) is 0 Å². The van der Waals surface area contributed by atoms with Gasteiger partial charge in [0, 0.05) is 0 Å². The summed E-state index contributed by atoms with van der Waals surface area (Å²) in [7, 11) is 1.61. The number of ether oxygens (including phenoxy) is 1. The van der Waals surface area contributed by atoms with Crippen LogP contribution in [0.2, 0.25) is 0 Å². The molecule has 1 aromatic heterocycles. The van der Waals surface area contributed by atoms with E-state index in [1.165, 1.54) is 6.07 Å². The molecule has 4 heteroatoms. The van der Waals surface area contributed by atoms with E-state index in [1.807, 2.05) is 25.1 Å². The summed E-state index contributed by atoms with van der Waals surface area (Å²) in [5.74, 6) is 0.998. The van der Waals surface area contributed by atoms with E-state index in [9.17, 15) is 4.39 Å². The molecule has 2 aromatic carbocycles. The van der Waals surface area contributed by atoms with Crippen LogP contribution in [0.25, 0.3) is 22.4 Å². The molecule has 0 atom stereocenters. The Morgan fingerprint density at radius 2 is 2.05 bits per heavy atom. The highest BCUT2D eigenvalue weighted by atomic mass is 19.1. The van der Waals surface area contributed by atoms with Crippen molar-refractivity contribution >= 4 is 11.0 Å². The molecule has 0 saturated heterocycles. The molecule has 3 nitrogen and oxygen atoms in total. The molecule has 0 saturated carbocycles. The van der Waals surface area contributed by atoms with Crippen LogP contribution >= 0.6 is 0 Å². The van der Waals surface area contributed by atoms with Crippen LogP contribution in [0.5, 0.6) is 5.75 Å². The third-order valence-corrected chi connectivity index (χ3v) is 3.07. The quantitative estimate of drug-likeness (QED) is 0.759. The topological polar surface area (TPSA) is 37.9 Å². The number of aromatic nitrogens is 2. The smallest absolute Gasteiger partial charge is 0.151 e. The first-order valence-corrected chi connectivity index (χ1v) is 5.98. The van der Waals surface area contributed by atoms with Crippen molar-refractivity contribution < 1.29 is 9.13 Å². The van der Waals surface area contributed by atoms with Gasteiger partial charge in [-0.3, -0.25) is 0 Å².